The highest BCUT2D eigenvalue weighted by Gasteiger charge is 1.98. The molecular formula is C8H14N4O2S2. The van der Waals surface area contributed by atoms with Crippen molar-refractivity contribution in [2.75, 3.05) is 18.6 Å². The van der Waals surface area contributed by atoms with Crippen LogP contribution in [0.4, 0.5) is 4.79 Å². The molecule has 6 nitrogen and oxygen atoms in total. The third-order valence-electron chi connectivity index (χ3n) is 1.63. The third-order valence-corrected chi connectivity index (χ3v) is 3.64. The lowest BCUT2D eigenvalue weighted by Gasteiger charge is -2.02. The molecule has 0 atom stereocenters. The molecular weight excluding hydrogens is 248 g/mol. The molecule has 1 rings (SSSR count). The minimum absolute atomic E-state index is 0.105. The second-order valence-electron chi connectivity index (χ2n) is 2.87. The molecule has 4 N–H and O–H groups in total. The number of nitrogens with one attached hydrogen (secondary N) is 4. The highest BCUT2D eigenvalue weighted by atomic mass is 32.2. The summed E-state index contributed by atoms with van der Waals surface area (Å²) < 4.78 is 2.62. The zero-order valence-electron chi connectivity index (χ0n) is 8.83. The van der Waals surface area contributed by atoms with E-state index in [-0.39, 0.29) is 11.6 Å². The molecule has 0 bridgehead atoms. The number of thioether (sulfide) groups is 1. The van der Waals surface area contributed by atoms with Crippen LogP contribution < -0.4 is 15.6 Å². The maximum atomic E-state index is 10.8. The first-order valence-corrected chi connectivity index (χ1v) is 6.80. The van der Waals surface area contributed by atoms with E-state index in [1.54, 1.807) is 24.9 Å². The van der Waals surface area contributed by atoms with Gasteiger partial charge in [0.1, 0.15) is 0 Å². The zero-order valence-corrected chi connectivity index (χ0v) is 10.5. The van der Waals surface area contributed by atoms with Gasteiger partial charge in [0, 0.05) is 36.1 Å². The van der Waals surface area contributed by atoms with Gasteiger partial charge in [-0.3, -0.25) is 14.6 Å². The molecule has 0 aromatic carbocycles. The van der Waals surface area contributed by atoms with Crippen LogP contribution in [0.5, 0.6) is 0 Å². The van der Waals surface area contributed by atoms with Gasteiger partial charge < -0.3 is 10.4 Å². The minimum atomic E-state index is -0.190. The summed E-state index contributed by atoms with van der Waals surface area (Å²) >= 11 is 3.06. The van der Waals surface area contributed by atoms with E-state index in [4.69, 9.17) is 0 Å². The fourth-order valence-corrected chi connectivity index (χ4v) is 2.56. The molecule has 0 aliphatic rings. The molecule has 1 heterocycles. The van der Waals surface area contributed by atoms with E-state index in [9.17, 15) is 9.59 Å². The number of carbonyl (C=O) groups is 1. The molecule has 2 amide bonds. The summed E-state index contributed by atoms with van der Waals surface area (Å²) in [4.78, 5) is 21.6. The average molecular weight is 262 g/mol. The molecule has 0 unspecified atom stereocenters. The topological polar surface area (TPSA) is 89.8 Å². The van der Waals surface area contributed by atoms with Crippen molar-refractivity contribution in [1.29, 1.82) is 0 Å². The molecule has 0 fully saturated rings. The molecule has 8 heteroatoms. The Bertz CT molecular complexity index is 376. The van der Waals surface area contributed by atoms with Gasteiger partial charge in [-0.1, -0.05) is 0 Å². The van der Waals surface area contributed by atoms with Crippen molar-refractivity contribution >= 4 is 29.7 Å². The fraction of sp³-hybridized carbons (Fsp3) is 0.500. The van der Waals surface area contributed by atoms with Crippen LogP contribution in [0.1, 0.15) is 5.69 Å². The summed E-state index contributed by atoms with van der Waals surface area (Å²) in [5, 5.41) is 7.72. The highest BCUT2D eigenvalue weighted by Crippen LogP contribution is 2.09. The van der Waals surface area contributed by atoms with Gasteiger partial charge in [0.05, 0.1) is 0 Å². The van der Waals surface area contributed by atoms with Crippen LogP contribution in [0.25, 0.3) is 0 Å². The van der Waals surface area contributed by atoms with Gasteiger partial charge >= 0.3 is 6.03 Å². The van der Waals surface area contributed by atoms with Crippen LogP contribution in [-0.2, 0) is 5.75 Å². The number of urea groups is 1. The monoisotopic (exact) mass is 262 g/mol. The van der Waals surface area contributed by atoms with Gasteiger partial charge in [0.25, 0.3) is 5.56 Å². The molecule has 0 spiro atoms. The Morgan fingerprint density at radius 3 is 2.88 bits per heavy atom. The first-order valence-electron chi connectivity index (χ1n) is 4.66. The van der Waals surface area contributed by atoms with E-state index >= 15 is 0 Å². The fourth-order valence-electron chi connectivity index (χ4n) is 0.900. The highest BCUT2D eigenvalue weighted by molar-refractivity contribution is 8.01. The molecule has 1 aromatic heterocycles. The molecule has 0 aliphatic heterocycles. The summed E-state index contributed by atoms with van der Waals surface area (Å²) in [5.74, 6) is 2.49. The molecule has 0 saturated carbocycles. The van der Waals surface area contributed by atoms with Crippen LogP contribution >= 0.6 is 23.7 Å². The van der Waals surface area contributed by atoms with Gasteiger partial charge in [-0.2, -0.15) is 11.8 Å². The lowest BCUT2D eigenvalue weighted by Crippen LogP contribution is -2.27. The van der Waals surface area contributed by atoms with E-state index in [0.29, 0.717) is 0 Å². The van der Waals surface area contributed by atoms with Crippen molar-refractivity contribution in [2.24, 2.45) is 0 Å². The molecule has 0 saturated heterocycles. The van der Waals surface area contributed by atoms with Crippen LogP contribution in [0.15, 0.2) is 10.9 Å². The second-order valence-corrected chi connectivity index (χ2v) is 4.87. The SMILES string of the molecule is CNC(=O)NSCCSCc1cc(=O)[nH][nH]1. The van der Waals surface area contributed by atoms with Gasteiger partial charge in [-0.05, 0) is 11.9 Å². The van der Waals surface area contributed by atoms with Crippen molar-refractivity contribution in [3.05, 3.63) is 22.1 Å². The number of aromatic amines is 2. The Morgan fingerprint density at radius 2 is 2.25 bits per heavy atom. The Labute approximate surface area is 101 Å². The largest absolute Gasteiger partial charge is 0.341 e. The number of rotatable bonds is 6. The number of amides is 2. The first-order chi connectivity index (χ1) is 7.72. The normalized spacial score (nSPS) is 10.1. The van der Waals surface area contributed by atoms with Crippen molar-refractivity contribution in [3.8, 4) is 0 Å². The summed E-state index contributed by atoms with van der Waals surface area (Å²) in [6, 6.07) is 1.35. The average Bonchev–Trinajstić information content (AvgIpc) is 2.69. The van der Waals surface area contributed by atoms with Crippen LogP contribution in [0.3, 0.4) is 0 Å². The molecule has 1 aromatic rings. The van der Waals surface area contributed by atoms with E-state index in [1.807, 2.05) is 0 Å². The summed E-state index contributed by atoms with van der Waals surface area (Å²) in [6.45, 7) is 0. The van der Waals surface area contributed by atoms with Crippen molar-refractivity contribution in [2.45, 2.75) is 5.75 Å². The maximum absolute atomic E-state index is 10.8. The molecule has 90 valence electrons. The van der Waals surface area contributed by atoms with E-state index in [1.165, 1.54) is 11.9 Å². The first kappa shape index (κ1) is 13.0. The van der Waals surface area contributed by atoms with Gasteiger partial charge in [-0.25, -0.2) is 4.79 Å². The van der Waals surface area contributed by atoms with Gasteiger partial charge in [0.2, 0.25) is 0 Å². The van der Waals surface area contributed by atoms with E-state index < -0.39 is 0 Å². The lowest BCUT2D eigenvalue weighted by atomic mass is 10.5. The van der Waals surface area contributed by atoms with Crippen molar-refractivity contribution < 1.29 is 4.79 Å². The third kappa shape index (κ3) is 5.17. The van der Waals surface area contributed by atoms with Gasteiger partial charge in [0.15, 0.2) is 0 Å². The Balaban J connectivity index is 2.00. The second kappa shape index (κ2) is 7.29. The number of hydrogen-bond donors (Lipinski definition) is 4. The Hall–Kier alpha value is -1.02. The van der Waals surface area contributed by atoms with Crippen LogP contribution in [0.2, 0.25) is 0 Å². The van der Waals surface area contributed by atoms with Crippen molar-refractivity contribution in [1.82, 2.24) is 20.2 Å². The lowest BCUT2D eigenvalue weighted by molar-refractivity contribution is 0.248. The minimum Gasteiger partial charge on any atom is -0.341 e. The zero-order chi connectivity index (χ0) is 11.8. The molecule has 0 aliphatic carbocycles. The number of H-pyrrole nitrogens is 2. The summed E-state index contributed by atoms with van der Waals surface area (Å²) in [7, 11) is 1.58. The predicted octanol–water partition coefficient (Wildman–Crippen LogP) is 0.513. The number of aromatic nitrogens is 2. The molecule has 0 radical (unpaired) electrons. The van der Waals surface area contributed by atoms with E-state index in [2.05, 4.69) is 20.2 Å². The van der Waals surface area contributed by atoms with E-state index in [0.717, 1.165) is 23.0 Å². The summed E-state index contributed by atoms with van der Waals surface area (Å²) in [5.41, 5.74) is 0.783. The standard InChI is InChI=1S/C8H14N4O2S2/c1-9-8(14)12-16-3-2-15-5-6-4-7(13)11-10-6/h4H,2-3,5H2,1H3,(H2,9,12,14)(H2,10,11,13). The predicted molar refractivity (Wildman–Crippen MR) is 67.6 cm³/mol. The van der Waals surface area contributed by atoms with Crippen molar-refractivity contribution in [3.63, 3.8) is 0 Å². The smallest absolute Gasteiger partial charge is 0.324 e. The summed E-state index contributed by atoms with van der Waals surface area (Å²) in [6.07, 6.45) is 0. The Morgan fingerprint density at radius 1 is 1.44 bits per heavy atom. The maximum Gasteiger partial charge on any atom is 0.324 e. The quantitative estimate of drug-likeness (QED) is 0.444. The van der Waals surface area contributed by atoms with Crippen LogP contribution in [0, 0.1) is 0 Å². The number of hydrogen-bond acceptors (Lipinski definition) is 4. The van der Waals surface area contributed by atoms with Gasteiger partial charge in [-0.15, -0.1) is 0 Å². The molecule has 16 heavy (non-hydrogen) atoms. The Kier molecular flexibility index (Phi) is 5.94. The van der Waals surface area contributed by atoms with Crippen LogP contribution in [-0.4, -0.2) is 34.8 Å². The number of carbonyl (C=O) groups excluding carboxylic acids is 1.